The molecule has 1 N–H and O–H groups in total. The Labute approximate surface area is 99.1 Å². The second-order valence-corrected chi connectivity index (χ2v) is 4.55. The molecule has 0 saturated heterocycles. The molecule has 0 aliphatic rings. The van der Waals surface area contributed by atoms with Crippen molar-refractivity contribution in [3.05, 3.63) is 41.0 Å². The minimum atomic E-state index is 0.806. The van der Waals surface area contributed by atoms with Gasteiger partial charge in [-0.3, -0.25) is 4.98 Å². The highest BCUT2D eigenvalue weighted by Crippen LogP contribution is 2.24. The Morgan fingerprint density at radius 1 is 1.38 bits per heavy atom. The van der Waals surface area contributed by atoms with Crippen molar-refractivity contribution in [3.8, 4) is 5.06 Å². The standard InChI is InChI=1S/C12H14N2OS/c1-9-11(4-3-7-13-9)14-8-10-5-6-12(15-2)16-10/h3-7,14H,8H2,1-2H3. The van der Waals surface area contributed by atoms with Crippen LogP contribution in [-0.2, 0) is 6.54 Å². The fourth-order valence-corrected chi connectivity index (χ4v) is 2.17. The first-order valence-corrected chi connectivity index (χ1v) is 5.89. The van der Waals surface area contributed by atoms with E-state index in [1.165, 1.54) is 4.88 Å². The molecule has 0 aliphatic heterocycles. The second kappa shape index (κ2) is 4.99. The molecule has 4 heteroatoms. The lowest BCUT2D eigenvalue weighted by atomic mass is 10.3. The van der Waals surface area contributed by atoms with Crippen molar-refractivity contribution in [2.75, 3.05) is 12.4 Å². The maximum Gasteiger partial charge on any atom is 0.173 e. The van der Waals surface area contributed by atoms with Gasteiger partial charge in [-0.2, -0.15) is 0 Å². The Hall–Kier alpha value is -1.55. The number of nitrogens with zero attached hydrogens (tertiary/aromatic N) is 1. The third-order valence-electron chi connectivity index (χ3n) is 2.30. The summed E-state index contributed by atoms with van der Waals surface area (Å²) in [5.74, 6) is 0. The molecule has 0 bridgehead atoms. The molecule has 2 heterocycles. The van der Waals surface area contributed by atoms with E-state index in [2.05, 4.69) is 16.4 Å². The van der Waals surface area contributed by atoms with Crippen LogP contribution < -0.4 is 10.1 Å². The Kier molecular flexibility index (Phi) is 3.41. The highest BCUT2D eigenvalue weighted by molar-refractivity contribution is 7.13. The Bertz CT molecular complexity index is 468. The molecule has 84 valence electrons. The van der Waals surface area contributed by atoms with Crippen LogP contribution in [0.4, 0.5) is 5.69 Å². The number of aryl methyl sites for hydroxylation is 1. The second-order valence-electron chi connectivity index (χ2n) is 3.41. The number of hydrogen-bond acceptors (Lipinski definition) is 4. The van der Waals surface area contributed by atoms with Crippen LogP contribution in [0.25, 0.3) is 0 Å². The maximum atomic E-state index is 5.15. The van der Waals surface area contributed by atoms with E-state index in [0.29, 0.717) is 0 Å². The third-order valence-corrected chi connectivity index (χ3v) is 3.34. The average molecular weight is 234 g/mol. The number of aromatic nitrogens is 1. The zero-order valence-corrected chi connectivity index (χ0v) is 10.2. The van der Waals surface area contributed by atoms with Crippen LogP contribution in [0.2, 0.25) is 0 Å². The summed E-state index contributed by atoms with van der Waals surface area (Å²) in [5, 5.41) is 4.30. The summed E-state index contributed by atoms with van der Waals surface area (Å²) in [6.45, 7) is 2.80. The summed E-state index contributed by atoms with van der Waals surface area (Å²) >= 11 is 1.65. The molecule has 2 aromatic rings. The van der Waals surface area contributed by atoms with Gasteiger partial charge in [0.05, 0.1) is 18.5 Å². The minimum Gasteiger partial charge on any atom is -0.487 e. The zero-order chi connectivity index (χ0) is 11.4. The van der Waals surface area contributed by atoms with Crippen LogP contribution >= 0.6 is 11.3 Å². The first kappa shape index (κ1) is 11.0. The minimum absolute atomic E-state index is 0.806. The van der Waals surface area contributed by atoms with Gasteiger partial charge in [0.15, 0.2) is 5.06 Å². The van der Waals surface area contributed by atoms with Gasteiger partial charge in [0.25, 0.3) is 0 Å². The van der Waals surface area contributed by atoms with Crippen molar-refractivity contribution in [3.63, 3.8) is 0 Å². The van der Waals surface area contributed by atoms with Crippen molar-refractivity contribution < 1.29 is 4.74 Å². The molecule has 0 atom stereocenters. The van der Waals surface area contributed by atoms with Crippen LogP contribution in [0.1, 0.15) is 10.6 Å². The van der Waals surface area contributed by atoms with Gasteiger partial charge in [0, 0.05) is 17.6 Å². The van der Waals surface area contributed by atoms with Crippen molar-refractivity contribution >= 4 is 17.0 Å². The van der Waals surface area contributed by atoms with E-state index in [-0.39, 0.29) is 0 Å². The predicted molar refractivity (Wildman–Crippen MR) is 67.2 cm³/mol. The first-order chi connectivity index (χ1) is 7.79. The molecule has 0 fully saturated rings. The molecule has 16 heavy (non-hydrogen) atoms. The fraction of sp³-hybridized carbons (Fsp3) is 0.250. The lowest BCUT2D eigenvalue weighted by Crippen LogP contribution is -1.99. The van der Waals surface area contributed by atoms with E-state index in [1.54, 1.807) is 24.6 Å². The summed E-state index contributed by atoms with van der Waals surface area (Å²) in [7, 11) is 1.69. The van der Waals surface area contributed by atoms with Gasteiger partial charge in [-0.25, -0.2) is 0 Å². The van der Waals surface area contributed by atoms with Crippen molar-refractivity contribution in [1.82, 2.24) is 4.98 Å². The molecule has 2 rings (SSSR count). The van der Waals surface area contributed by atoms with Gasteiger partial charge in [0.2, 0.25) is 0 Å². The Balaban J connectivity index is 1.99. The van der Waals surface area contributed by atoms with Crippen LogP contribution in [0.15, 0.2) is 30.5 Å². The smallest absolute Gasteiger partial charge is 0.173 e. The van der Waals surface area contributed by atoms with Gasteiger partial charge >= 0.3 is 0 Å². The fourth-order valence-electron chi connectivity index (χ4n) is 1.42. The highest BCUT2D eigenvalue weighted by Gasteiger charge is 2.01. The van der Waals surface area contributed by atoms with Crippen LogP contribution in [0.5, 0.6) is 5.06 Å². The van der Waals surface area contributed by atoms with Crippen LogP contribution in [0, 0.1) is 6.92 Å². The van der Waals surface area contributed by atoms with Gasteiger partial charge in [-0.15, -0.1) is 11.3 Å². The van der Waals surface area contributed by atoms with Gasteiger partial charge in [-0.1, -0.05) is 0 Å². The summed E-state index contributed by atoms with van der Waals surface area (Å²) in [6, 6.07) is 8.03. The molecule has 0 amide bonds. The van der Waals surface area contributed by atoms with E-state index in [0.717, 1.165) is 23.0 Å². The summed E-state index contributed by atoms with van der Waals surface area (Å²) in [4.78, 5) is 5.48. The van der Waals surface area contributed by atoms with Crippen LogP contribution in [0.3, 0.4) is 0 Å². The van der Waals surface area contributed by atoms with E-state index >= 15 is 0 Å². The lowest BCUT2D eigenvalue weighted by Gasteiger charge is -2.06. The number of pyridine rings is 1. The monoisotopic (exact) mass is 234 g/mol. The quantitative estimate of drug-likeness (QED) is 0.882. The molecule has 0 radical (unpaired) electrons. The maximum absolute atomic E-state index is 5.15. The normalized spacial score (nSPS) is 10.1. The van der Waals surface area contributed by atoms with E-state index < -0.39 is 0 Å². The molecule has 2 aromatic heterocycles. The first-order valence-electron chi connectivity index (χ1n) is 5.08. The van der Waals surface area contributed by atoms with Crippen molar-refractivity contribution in [1.29, 1.82) is 0 Å². The lowest BCUT2D eigenvalue weighted by molar-refractivity contribution is 0.427. The molecule has 0 unspecified atom stereocenters. The van der Waals surface area contributed by atoms with E-state index in [9.17, 15) is 0 Å². The van der Waals surface area contributed by atoms with Gasteiger partial charge < -0.3 is 10.1 Å². The molecular formula is C12H14N2OS. The number of rotatable bonds is 4. The summed E-state index contributed by atoms with van der Waals surface area (Å²) in [5.41, 5.74) is 2.10. The average Bonchev–Trinajstić information content (AvgIpc) is 2.76. The predicted octanol–water partition coefficient (Wildman–Crippen LogP) is 3.07. The Morgan fingerprint density at radius 2 is 2.25 bits per heavy atom. The molecule has 0 aromatic carbocycles. The number of methoxy groups -OCH3 is 1. The number of nitrogens with one attached hydrogen (secondary N) is 1. The summed E-state index contributed by atoms with van der Waals surface area (Å²) < 4.78 is 5.15. The van der Waals surface area contributed by atoms with E-state index in [1.807, 2.05) is 25.1 Å². The molecule has 0 spiro atoms. The third kappa shape index (κ3) is 2.52. The SMILES string of the molecule is COc1ccc(CNc2cccnc2C)s1. The number of ether oxygens (including phenoxy) is 1. The molecule has 0 saturated carbocycles. The largest absolute Gasteiger partial charge is 0.487 e. The van der Waals surface area contributed by atoms with Crippen LogP contribution in [-0.4, -0.2) is 12.1 Å². The molecular weight excluding hydrogens is 220 g/mol. The zero-order valence-electron chi connectivity index (χ0n) is 9.36. The number of thiophene rings is 1. The number of hydrogen-bond donors (Lipinski definition) is 1. The van der Waals surface area contributed by atoms with Gasteiger partial charge in [0.1, 0.15) is 0 Å². The topological polar surface area (TPSA) is 34.1 Å². The highest BCUT2D eigenvalue weighted by atomic mass is 32.1. The van der Waals surface area contributed by atoms with Crippen molar-refractivity contribution in [2.24, 2.45) is 0 Å². The Morgan fingerprint density at radius 3 is 2.94 bits per heavy atom. The van der Waals surface area contributed by atoms with Crippen molar-refractivity contribution in [2.45, 2.75) is 13.5 Å². The van der Waals surface area contributed by atoms with Gasteiger partial charge in [-0.05, 0) is 31.2 Å². The molecule has 3 nitrogen and oxygen atoms in total. The summed E-state index contributed by atoms with van der Waals surface area (Å²) in [6.07, 6.45) is 1.80. The molecule has 0 aliphatic carbocycles. The number of anilines is 1. The van der Waals surface area contributed by atoms with E-state index in [4.69, 9.17) is 4.74 Å².